The summed E-state index contributed by atoms with van der Waals surface area (Å²) in [6, 6.07) is 17.6. The fourth-order valence-corrected chi connectivity index (χ4v) is 5.05. The van der Waals surface area contributed by atoms with Gasteiger partial charge in [0.1, 0.15) is 5.76 Å². The lowest BCUT2D eigenvalue weighted by atomic mass is 10.1. The molecule has 0 unspecified atom stereocenters. The minimum absolute atomic E-state index is 0.0391. The van der Waals surface area contributed by atoms with E-state index in [9.17, 15) is 9.59 Å². The van der Waals surface area contributed by atoms with Gasteiger partial charge in [-0.15, -0.1) is 0 Å². The van der Waals surface area contributed by atoms with Crippen molar-refractivity contribution < 1.29 is 14.1 Å². The molecule has 0 radical (unpaired) electrons. The summed E-state index contributed by atoms with van der Waals surface area (Å²) in [5.41, 5.74) is 3.23. The van der Waals surface area contributed by atoms with Gasteiger partial charge < -0.3 is 14.7 Å². The summed E-state index contributed by atoms with van der Waals surface area (Å²) in [5, 5.41) is 7.49. The first-order chi connectivity index (χ1) is 17.5. The Labute approximate surface area is 216 Å². The van der Waals surface area contributed by atoms with Gasteiger partial charge in [-0.2, -0.15) is 0 Å². The van der Waals surface area contributed by atoms with Crippen LogP contribution in [0.15, 0.2) is 59.1 Å². The molecule has 2 fully saturated rings. The second-order valence-electron chi connectivity index (χ2n) is 9.70. The number of likely N-dealkylation sites (tertiary alicyclic amines) is 1. The number of anilines is 2. The molecule has 188 valence electrons. The van der Waals surface area contributed by atoms with Crippen LogP contribution in [0.2, 0.25) is 5.02 Å². The van der Waals surface area contributed by atoms with Gasteiger partial charge in [-0.25, -0.2) is 0 Å². The molecule has 3 aromatic rings. The highest BCUT2D eigenvalue weighted by molar-refractivity contribution is 6.30. The Hall–Kier alpha value is -3.16. The average molecular weight is 507 g/mol. The van der Waals surface area contributed by atoms with Crippen LogP contribution < -0.4 is 10.2 Å². The first-order valence-corrected chi connectivity index (χ1v) is 13.0. The van der Waals surface area contributed by atoms with E-state index >= 15 is 0 Å². The van der Waals surface area contributed by atoms with E-state index in [-0.39, 0.29) is 18.2 Å². The Bertz CT molecular complexity index is 1190. The highest BCUT2D eigenvalue weighted by atomic mass is 35.5. The maximum Gasteiger partial charge on any atom is 0.231 e. The van der Waals surface area contributed by atoms with Gasteiger partial charge in [-0.3, -0.25) is 14.5 Å². The van der Waals surface area contributed by atoms with Gasteiger partial charge in [-0.05, 0) is 67.7 Å². The number of aromatic nitrogens is 1. The van der Waals surface area contributed by atoms with E-state index in [0.717, 1.165) is 37.3 Å². The summed E-state index contributed by atoms with van der Waals surface area (Å²) in [6.45, 7) is 3.60. The Morgan fingerprint density at radius 1 is 1.00 bits per heavy atom. The predicted molar refractivity (Wildman–Crippen MR) is 140 cm³/mol. The van der Waals surface area contributed by atoms with Gasteiger partial charge in [0.05, 0.1) is 5.92 Å². The lowest BCUT2D eigenvalue weighted by Gasteiger charge is -2.26. The molecule has 1 N–H and O–H groups in total. The van der Waals surface area contributed by atoms with Crippen molar-refractivity contribution in [1.82, 2.24) is 10.1 Å². The molecule has 2 amide bonds. The molecule has 7 nitrogen and oxygen atoms in total. The van der Waals surface area contributed by atoms with E-state index in [4.69, 9.17) is 16.1 Å². The Balaban J connectivity index is 1.12. The highest BCUT2D eigenvalue weighted by Crippen LogP contribution is 2.27. The summed E-state index contributed by atoms with van der Waals surface area (Å²) in [5.74, 6) is 0.376. The predicted octanol–water partition coefficient (Wildman–Crippen LogP) is 5.09. The second-order valence-corrected chi connectivity index (χ2v) is 10.1. The molecule has 3 heterocycles. The van der Waals surface area contributed by atoms with Crippen molar-refractivity contribution >= 4 is 34.9 Å². The van der Waals surface area contributed by atoms with Crippen LogP contribution in [0, 0.1) is 5.92 Å². The van der Waals surface area contributed by atoms with Crippen molar-refractivity contribution in [1.29, 1.82) is 0 Å². The molecule has 2 saturated heterocycles. The van der Waals surface area contributed by atoms with Crippen LogP contribution in [0.5, 0.6) is 0 Å². The number of hydrogen-bond donors (Lipinski definition) is 1. The molecule has 8 heteroatoms. The van der Waals surface area contributed by atoms with Crippen LogP contribution in [0.4, 0.5) is 11.5 Å². The summed E-state index contributed by atoms with van der Waals surface area (Å²) in [4.78, 5) is 29.7. The number of benzene rings is 2. The molecule has 0 saturated carbocycles. The van der Waals surface area contributed by atoms with E-state index in [0.29, 0.717) is 29.6 Å². The van der Waals surface area contributed by atoms with Crippen molar-refractivity contribution in [3.63, 3.8) is 0 Å². The number of rotatable bonds is 8. The fraction of sp³-hybridized carbons (Fsp3) is 0.393. The van der Waals surface area contributed by atoms with Crippen LogP contribution in [-0.4, -0.2) is 41.5 Å². The van der Waals surface area contributed by atoms with E-state index in [1.54, 1.807) is 11.0 Å². The van der Waals surface area contributed by atoms with Crippen molar-refractivity contribution in [2.75, 3.05) is 29.9 Å². The monoisotopic (exact) mass is 506 g/mol. The van der Waals surface area contributed by atoms with E-state index in [2.05, 4.69) is 27.5 Å². The van der Waals surface area contributed by atoms with Crippen LogP contribution in [-0.2, 0) is 29.0 Å². The van der Waals surface area contributed by atoms with Gasteiger partial charge in [-0.1, -0.05) is 47.4 Å². The number of aryl methyl sites for hydroxylation is 2. The zero-order valence-electron chi connectivity index (χ0n) is 20.3. The number of nitrogens with zero attached hydrogens (tertiary/aromatic N) is 3. The van der Waals surface area contributed by atoms with Gasteiger partial charge >= 0.3 is 0 Å². The number of halogens is 1. The molecule has 36 heavy (non-hydrogen) atoms. The molecule has 0 aliphatic carbocycles. The third-order valence-electron chi connectivity index (χ3n) is 6.98. The molecular formula is C28H31ClN4O3. The summed E-state index contributed by atoms with van der Waals surface area (Å²) >= 11 is 5.93. The van der Waals surface area contributed by atoms with Crippen LogP contribution >= 0.6 is 11.6 Å². The number of amides is 2. The SMILES string of the molecule is O=C(Nc1cc(CCc2ccc(Cl)cc2)on1)[C@H]1CC(=O)N(c2ccc(CN3CCCCC3)cc2)C1. The third kappa shape index (κ3) is 6.15. The summed E-state index contributed by atoms with van der Waals surface area (Å²) in [6.07, 6.45) is 5.48. The molecule has 2 aliphatic rings. The first kappa shape index (κ1) is 24.5. The molecule has 0 spiro atoms. The summed E-state index contributed by atoms with van der Waals surface area (Å²) in [7, 11) is 0. The molecule has 0 bridgehead atoms. The van der Waals surface area contributed by atoms with E-state index in [1.165, 1.54) is 24.8 Å². The van der Waals surface area contributed by atoms with Crippen LogP contribution in [0.1, 0.15) is 42.6 Å². The standard InChI is InChI=1S/C28H31ClN4O3/c29-23-9-4-20(5-10-23)8-13-25-17-26(31-36-25)30-28(35)22-16-27(34)33(19-22)24-11-6-21(7-12-24)18-32-14-2-1-3-15-32/h4-7,9-12,17,22H,1-3,8,13-16,18-19H2,(H,30,31,35)/t22-/m0/s1. The third-order valence-corrected chi connectivity index (χ3v) is 7.23. The first-order valence-electron chi connectivity index (χ1n) is 12.7. The maximum absolute atomic E-state index is 12.8. The lowest BCUT2D eigenvalue weighted by molar-refractivity contribution is -0.122. The Morgan fingerprint density at radius 2 is 1.72 bits per heavy atom. The van der Waals surface area contributed by atoms with Crippen LogP contribution in [0.3, 0.4) is 0 Å². The Morgan fingerprint density at radius 3 is 2.47 bits per heavy atom. The molecule has 1 atom stereocenters. The molecular weight excluding hydrogens is 476 g/mol. The van der Waals surface area contributed by atoms with Crippen LogP contribution in [0.25, 0.3) is 0 Å². The van der Waals surface area contributed by atoms with Crippen molar-refractivity contribution in [3.8, 4) is 0 Å². The fourth-order valence-electron chi connectivity index (χ4n) is 4.93. The van der Waals surface area contributed by atoms with Gasteiger partial charge in [0.2, 0.25) is 11.8 Å². The molecule has 5 rings (SSSR count). The number of hydrogen-bond acceptors (Lipinski definition) is 5. The van der Waals surface area contributed by atoms with E-state index in [1.807, 2.05) is 36.4 Å². The molecule has 1 aromatic heterocycles. The number of carbonyl (C=O) groups excluding carboxylic acids is 2. The topological polar surface area (TPSA) is 78.7 Å². The maximum atomic E-state index is 12.8. The number of nitrogens with one attached hydrogen (secondary N) is 1. The molecule has 2 aliphatic heterocycles. The summed E-state index contributed by atoms with van der Waals surface area (Å²) < 4.78 is 5.38. The normalized spacial score (nSPS) is 18.5. The largest absolute Gasteiger partial charge is 0.359 e. The van der Waals surface area contributed by atoms with Gasteiger partial charge in [0.15, 0.2) is 5.82 Å². The average Bonchev–Trinajstić information content (AvgIpc) is 3.51. The number of piperidine rings is 1. The molecule has 2 aromatic carbocycles. The van der Waals surface area contributed by atoms with Gasteiger partial charge in [0, 0.05) is 42.7 Å². The minimum atomic E-state index is -0.431. The van der Waals surface area contributed by atoms with Crippen molar-refractivity contribution in [3.05, 3.63) is 76.5 Å². The van der Waals surface area contributed by atoms with Crippen molar-refractivity contribution in [2.24, 2.45) is 5.92 Å². The zero-order valence-corrected chi connectivity index (χ0v) is 21.0. The Kier molecular flexibility index (Phi) is 7.68. The van der Waals surface area contributed by atoms with E-state index < -0.39 is 5.92 Å². The highest BCUT2D eigenvalue weighted by Gasteiger charge is 2.35. The second kappa shape index (κ2) is 11.3. The van der Waals surface area contributed by atoms with Crippen molar-refractivity contribution in [2.45, 2.75) is 45.1 Å². The lowest BCUT2D eigenvalue weighted by Crippen LogP contribution is -2.29. The number of carbonyl (C=O) groups is 2. The zero-order chi connectivity index (χ0) is 24.9. The van der Waals surface area contributed by atoms with Gasteiger partial charge in [0.25, 0.3) is 0 Å². The minimum Gasteiger partial charge on any atom is -0.359 e. The smallest absolute Gasteiger partial charge is 0.231 e. The quantitative estimate of drug-likeness (QED) is 0.460.